The molecule has 1 N–H and O–H groups in total. The van der Waals surface area contributed by atoms with E-state index in [1.807, 2.05) is 6.92 Å². The van der Waals surface area contributed by atoms with Crippen LogP contribution in [0, 0.1) is 5.82 Å². The van der Waals surface area contributed by atoms with E-state index in [0.717, 1.165) is 17.0 Å². The number of thioether (sulfide) groups is 2. The second kappa shape index (κ2) is 7.61. The highest BCUT2D eigenvalue weighted by molar-refractivity contribution is 8.00. The van der Waals surface area contributed by atoms with Crippen LogP contribution in [0.3, 0.4) is 0 Å². The van der Waals surface area contributed by atoms with E-state index < -0.39 is 0 Å². The van der Waals surface area contributed by atoms with E-state index in [2.05, 4.69) is 17.2 Å². The van der Waals surface area contributed by atoms with Crippen molar-refractivity contribution in [2.24, 2.45) is 0 Å². The summed E-state index contributed by atoms with van der Waals surface area (Å²) in [5, 5.41) is 3.62. The van der Waals surface area contributed by atoms with Gasteiger partial charge in [0, 0.05) is 23.9 Å². The molecule has 0 saturated heterocycles. The van der Waals surface area contributed by atoms with E-state index in [0.29, 0.717) is 22.6 Å². The zero-order chi connectivity index (χ0) is 18.0. The van der Waals surface area contributed by atoms with Crippen molar-refractivity contribution in [3.05, 3.63) is 46.1 Å². The minimum Gasteiger partial charge on any atom is -0.325 e. The first-order chi connectivity index (χ1) is 12.0. The summed E-state index contributed by atoms with van der Waals surface area (Å²) in [6.45, 7) is 4.47. The van der Waals surface area contributed by atoms with Gasteiger partial charge in [0.2, 0.25) is 5.91 Å². The van der Waals surface area contributed by atoms with Gasteiger partial charge in [-0.3, -0.25) is 14.2 Å². The van der Waals surface area contributed by atoms with Gasteiger partial charge in [0.15, 0.2) is 5.16 Å². The summed E-state index contributed by atoms with van der Waals surface area (Å²) in [6.07, 6.45) is 0.773. The molecule has 132 valence electrons. The summed E-state index contributed by atoms with van der Waals surface area (Å²) < 4.78 is 14.5. The first-order valence-corrected chi connectivity index (χ1v) is 9.83. The van der Waals surface area contributed by atoms with Crippen LogP contribution < -0.4 is 10.9 Å². The summed E-state index contributed by atoms with van der Waals surface area (Å²) in [5.41, 5.74) is 1.34. The van der Waals surface area contributed by atoms with E-state index in [1.54, 1.807) is 16.3 Å². The summed E-state index contributed by atoms with van der Waals surface area (Å²) in [7, 11) is 0. The molecule has 0 bridgehead atoms. The lowest BCUT2D eigenvalue weighted by Crippen LogP contribution is -2.25. The van der Waals surface area contributed by atoms with Crippen LogP contribution in [0.1, 0.15) is 19.5 Å². The highest BCUT2D eigenvalue weighted by Crippen LogP contribution is 2.34. The Morgan fingerprint density at radius 3 is 2.84 bits per heavy atom. The van der Waals surface area contributed by atoms with Gasteiger partial charge in [-0.05, 0) is 31.2 Å². The lowest BCUT2D eigenvalue weighted by Gasteiger charge is -2.11. The maximum atomic E-state index is 12.9. The molecular weight excluding hydrogens is 361 g/mol. The number of nitrogens with one attached hydrogen (secondary N) is 1. The number of amides is 1. The predicted octanol–water partition coefficient (Wildman–Crippen LogP) is 3.17. The normalized spacial score (nSPS) is 15.9. The van der Waals surface area contributed by atoms with Gasteiger partial charge in [-0.2, -0.15) is 0 Å². The van der Waals surface area contributed by atoms with Crippen LogP contribution in [0.2, 0.25) is 0 Å². The maximum Gasteiger partial charge on any atom is 0.268 e. The van der Waals surface area contributed by atoms with Gasteiger partial charge in [0.05, 0.1) is 16.3 Å². The Morgan fingerprint density at radius 1 is 1.44 bits per heavy atom. The molecule has 5 nitrogen and oxygen atoms in total. The molecule has 0 spiro atoms. The first-order valence-electron chi connectivity index (χ1n) is 7.96. The standard InChI is InChI=1S/C17H18FN3O2S2/c1-3-21-16(23)15-13(8-10(2)25-15)20-17(21)24-9-14(22)19-12-6-4-11(18)5-7-12/h4-7,10H,3,8-9H2,1-2H3,(H,19,22). The fraction of sp³-hybridized carbons (Fsp3) is 0.353. The van der Waals surface area contributed by atoms with Gasteiger partial charge in [0.25, 0.3) is 5.56 Å². The number of hydrogen-bond donors (Lipinski definition) is 1. The Bertz CT molecular complexity index is 852. The Hall–Kier alpha value is -1.80. The summed E-state index contributed by atoms with van der Waals surface area (Å²) in [4.78, 5) is 30.0. The summed E-state index contributed by atoms with van der Waals surface area (Å²) in [6, 6.07) is 5.59. The van der Waals surface area contributed by atoms with Crippen LogP contribution in [0.5, 0.6) is 0 Å². The van der Waals surface area contributed by atoms with Crippen LogP contribution in [0.15, 0.2) is 39.1 Å². The monoisotopic (exact) mass is 379 g/mol. The number of nitrogens with zero attached hydrogens (tertiary/aromatic N) is 2. The molecule has 1 atom stereocenters. The van der Waals surface area contributed by atoms with E-state index in [1.165, 1.54) is 36.0 Å². The molecule has 3 rings (SSSR count). The van der Waals surface area contributed by atoms with Crippen molar-refractivity contribution < 1.29 is 9.18 Å². The number of carbonyl (C=O) groups excluding carboxylic acids is 1. The van der Waals surface area contributed by atoms with Crippen LogP contribution in [-0.2, 0) is 17.8 Å². The Balaban J connectivity index is 1.71. The van der Waals surface area contributed by atoms with Crippen molar-refractivity contribution >= 4 is 35.1 Å². The largest absolute Gasteiger partial charge is 0.325 e. The van der Waals surface area contributed by atoms with Crippen LogP contribution in [0.25, 0.3) is 0 Å². The summed E-state index contributed by atoms with van der Waals surface area (Å²) >= 11 is 2.81. The molecule has 2 aromatic rings. The number of rotatable bonds is 5. The lowest BCUT2D eigenvalue weighted by molar-refractivity contribution is -0.113. The minimum atomic E-state index is -0.353. The molecule has 1 aromatic heterocycles. The maximum absolute atomic E-state index is 12.9. The average Bonchev–Trinajstić information content (AvgIpc) is 2.96. The van der Waals surface area contributed by atoms with E-state index in [-0.39, 0.29) is 23.0 Å². The fourth-order valence-corrected chi connectivity index (χ4v) is 4.58. The SMILES string of the molecule is CCn1c(SCC(=O)Nc2ccc(F)cc2)nc2c(c1=O)SC(C)C2. The number of anilines is 1. The van der Waals surface area contributed by atoms with Crippen molar-refractivity contribution in [2.75, 3.05) is 11.1 Å². The Labute approximate surface area is 153 Å². The molecule has 1 aliphatic heterocycles. The smallest absolute Gasteiger partial charge is 0.268 e. The van der Waals surface area contributed by atoms with Crippen LogP contribution in [0.4, 0.5) is 10.1 Å². The number of benzene rings is 1. The molecule has 1 unspecified atom stereocenters. The van der Waals surface area contributed by atoms with Gasteiger partial charge < -0.3 is 5.32 Å². The number of fused-ring (bicyclic) bond motifs is 1. The topological polar surface area (TPSA) is 64.0 Å². The van der Waals surface area contributed by atoms with Gasteiger partial charge >= 0.3 is 0 Å². The molecule has 1 aliphatic rings. The van der Waals surface area contributed by atoms with Gasteiger partial charge in [-0.15, -0.1) is 11.8 Å². The lowest BCUT2D eigenvalue weighted by atomic mass is 10.2. The number of carbonyl (C=O) groups is 1. The molecular formula is C17H18FN3O2S2. The Morgan fingerprint density at radius 2 is 2.16 bits per heavy atom. The second-order valence-corrected chi connectivity index (χ2v) is 8.09. The number of halogens is 1. The first kappa shape index (κ1) is 18.0. The number of hydrogen-bond acceptors (Lipinski definition) is 5. The molecule has 2 heterocycles. The third kappa shape index (κ3) is 4.07. The zero-order valence-electron chi connectivity index (χ0n) is 13.9. The third-order valence-electron chi connectivity index (χ3n) is 3.74. The molecule has 0 saturated carbocycles. The quantitative estimate of drug-likeness (QED) is 0.639. The fourth-order valence-electron chi connectivity index (χ4n) is 2.58. The van der Waals surface area contributed by atoms with E-state index in [4.69, 9.17) is 0 Å². The zero-order valence-corrected chi connectivity index (χ0v) is 15.5. The average molecular weight is 379 g/mol. The molecule has 0 fully saturated rings. The van der Waals surface area contributed by atoms with E-state index >= 15 is 0 Å². The number of aromatic nitrogens is 2. The van der Waals surface area contributed by atoms with E-state index in [9.17, 15) is 14.0 Å². The van der Waals surface area contributed by atoms with Crippen molar-refractivity contribution in [2.45, 2.75) is 42.1 Å². The molecule has 8 heteroatoms. The molecule has 1 aromatic carbocycles. The Kier molecular flexibility index (Phi) is 5.48. The van der Waals surface area contributed by atoms with Crippen LogP contribution in [-0.4, -0.2) is 26.5 Å². The highest BCUT2D eigenvalue weighted by atomic mass is 32.2. The van der Waals surface area contributed by atoms with Gasteiger partial charge in [0.1, 0.15) is 5.82 Å². The van der Waals surface area contributed by atoms with Crippen LogP contribution >= 0.6 is 23.5 Å². The predicted molar refractivity (Wildman–Crippen MR) is 98.9 cm³/mol. The van der Waals surface area contributed by atoms with Crippen molar-refractivity contribution in [3.8, 4) is 0 Å². The molecule has 25 heavy (non-hydrogen) atoms. The second-order valence-electron chi connectivity index (χ2n) is 5.70. The van der Waals surface area contributed by atoms with Crippen molar-refractivity contribution in [3.63, 3.8) is 0 Å². The third-order valence-corrected chi connectivity index (χ3v) is 5.93. The van der Waals surface area contributed by atoms with Crippen molar-refractivity contribution in [1.29, 1.82) is 0 Å². The van der Waals surface area contributed by atoms with Crippen molar-refractivity contribution in [1.82, 2.24) is 9.55 Å². The molecule has 1 amide bonds. The van der Waals surface area contributed by atoms with Gasteiger partial charge in [-0.25, -0.2) is 9.37 Å². The molecule has 0 radical (unpaired) electrons. The van der Waals surface area contributed by atoms with Gasteiger partial charge in [-0.1, -0.05) is 18.7 Å². The minimum absolute atomic E-state index is 0.0247. The highest BCUT2D eigenvalue weighted by Gasteiger charge is 2.26. The summed E-state index contributed by atoms with van der Waals surface area (Å²) in [5.74, 6) is -0.448. The molecule has 0 aliphatic carbocycles.